The third-order valence-corrected chi connectivity index (χ3v) is 27.7. The average molecular weight is 2150 g/mol. The molecule has 4 aliphatic heterocycles. The van der Waals surface area contributed by atoms with Gasteiger partial charge in [0.05, 0.1) is 36.3 Å². The molecule has 10 aromatic carbocycles. The van der Waals surface area contributed by atoms with E-state index < -0.39 is 6.23 Å². The van der Waals surface area contributed by atoms with Gasteiger partial charge < -0.3 is 73.9 Å². The van der Waals surface area contributed by atoms with Gasteiger partial charge in [0, 0.05) is 143 Å². The normalized spacial score (nSPS) is 17.5. The van der Waals surface area contributed by atoms with E-state index in [0.29, 0.717) is 77.7 Å². The molecule has 0 aliphatic carbocycles. The zero-order valence-electron chi connectivity index (χ0n) is 72.7. The van der Waals surface area contributed by atoms with Gasteiger partial charge >= 0.3 is 0 Å². The zero-order valence-corrected chi connectivity index (χ0v) is 80.6. The Hall–Kier alpha value is -12.5. The molecule has 32 heteroatoms. The van der Waals surface area contributed by atoms with Gasteiger partial charge in [0.2, 0.25) is 11.8 Å². The number of nitrogens with one attached hydrogen (secondary N) is 8. The number of ether oxygens (including phenoxy) is 6. The van der Waals surface area contributed by atoms with Crippen molar-refractivity contribution in [2.24, 2.45) is 11.5 Å². The highest BCUT2D eigenvalue weighted by molar-refractivity contribution is 9.11. The minimum atomic E-state index is -0.582. The van der Waals surface area contributed by atoms with E-state index in [1.54, 1.807) is 9.80 Å². The van der Waals surface area contributed by atoms with Crippen LogP contribution in [0.15, 0.2) is 273 Å². The number of nitrogens with two attached hydrogens (primary N) is 2. The van der Waals surface area contributed by atoms with Crippen molar-refractivity contribution in [1.82, 2.24) is 50.3 Å². The third-order valence-electron chi connectivity index (χ3n) is 24.4. The summed E-state index contributed by atoms with van der Waals surface area (Å²) in [6.07, 6.45) is 7.28. The van der Waals surface area contributed by atoms with Crippen LogP contribution < -0.4 is 22.1 Å². The van der Waals surface area contributed by atoms with E-state index in [1.807, 2.05) is 188 Å². The summed E-state index contributed by atoms with van der Waals surface area (Å²) in [5.74, 6) is -0.695. The molecular weight excluding hydrogens is 2040 g/mol. The number of hydrogen-bond acceptors (Lipinski definition) is 18. The van der Waals surface area contributed by atoms with Gasteiger partial charge in [-0.2, -0.15) is 0 Å². The summed E-state index contributed by atoms with van der Waals surface area (Å²) in [7, 11) is 0. The first-order valence-electron chi connectivity index (χ1n) is 43.6. The number of aromatic amines is 6. The molecule has 0 unspecified atom stereocenters. The Labute approximate surface area is 835 Å². The number of para-hydroxylation sites is 6. The minimum absolute atomic E-state index is 0. The first kappa shape index (κ1) is 102. The maximum atomic E-state index is 12.9. The smallest absolute Gasteiger partial charge is 0.294 e. The van der Waals surface area contributed by atoms with Crippen molar-refractivity contribution in [3.8, 4) is 0 Å². The molecule has 0 spiro atoms. The summed E-state index contributed by atoms with van der Waals surface area (Å²) in [6.45, 7) is 3.88. The summed E-state index contributed by atoms with van der Waals surface area (Å²) in [5.41, 5.74) is 33.5. The molecule has 10 atom stereocenters. The van der Waals surface area contributed by atoms with Crippen molar-refractivity contribution in [3.63, 3.8) is 0 Å². The summed E-state index contributed by atoms with van der Waals surface area (Å²) in [5, 5.41) is 14.2. The maximum Gasteiger partial charge on any atom is 0.294 e. The second-order valence-corrected chi connectivity index (χ2v) is 36.5. The summed E-state index contributed by atoms with van der Waals surface area (Å²) < 4.78 is 33.4. The van der Waals surface area contributed by atoms with Crippen LogP contribution in [0.5, 0.6) is 0 Å². The van der Waals surface area contributed by atoms with Gasteiger partial charge in [-0.15, -0.1) is 23.2 Å². The monoisotopic (exact) mass is 2140 g/mol. The molecule has 6 aromatic heterocycles. The Morgan fingerprint density at radius 2 is 0.664 bits per heavy atom. The average Bonchev–Trinajstić information content (AvgIpc) is 1.48. The fraction of sp³-hybridized carbons (Fsp3) is 0.238. The number of aromatic nitrogens is 6. The summed E-state index contributed by atoms with van der Waals surface area (Å²) in [6, 6.07) is 79.5. The van der Waals surface area contributed by atoms with Crippen LogP contribution in [0.25, 0.3) is 65.4 Å². The van der Waals surface area contributed by atoms with Crippen molar-refractivity contribution in [3.05, 3.63) is 351 Å². The van der Waals surface area contributed by atoms with Crippen LogP contribution in [0.4, 0.5) is 0 Å². The van der Waals surface area contributed by atoms with Gasteiger partial charge in [0.1, 0.15) is 44.8 Å². The van der Waals surface area contributed by atoms with E-state index in [-0.39, 0.29) is 113 Å². The fourth-order valence-corrected chi connectivity index (χ4v) is 20.9. The lowest BCUT2D eigenvalue weighted by Gasteiger charge is -2.42. The van der Waals surface area contributed by atoms with Crippen molar-refractivity contribution < 1.29 is 66.8 Å². The number of rotatable bonds is 27. The number of carbonyl (C=O) groups is 8. The van der Waals surface area contributed by atoms with Crippen molar-refractivity contribution in [1.29, 1.82) is 0 Å². The molecule has 26 nitrogen and oxygen atoms in total. The van der Waals surface area contributed by atoms with Crippen LogP contribution in [-0.4, -0.2) is 172 Å². The van der Waals surface area contributed by atoms with E-state index in [4.69, 9.17) is 53.6 Å². The number of amides is 2. The SMILES string of the molecule is C.C.N[C@@H](Cc1c[nH]c2ccccc12)OC=O.N[C@H](COC=O)Cc1c[nH]c2ccccc12.O=COC[C@@H]1Cc2c([nH]c3ccccc23)[C@@H](c2ccccc2Br)N1.O=COC[C@@H]1Cc2c([nH]c3ccccc23)[C@@H](c2ccccc2Br)N1C(=O)CCl.O=COC[C@@H]1Cc2c([nH]c3ccccc23)[C@H](c2ccccc2Br)N1.O=COC[C@@H]1Cc2c([nH]c3ccccc23)[C@H](c2ccccc2Br)N1C(=O)CCl. The minimum Gasteiger partial charge on any atom is -0.466 e. The van der Waals surface area contributed by atoms with E-state index in [0.717, 1.165) is 125 Å². The van der Waals surface area contributed by atoms with Crippen molar-refractivity contribution >= 4 is 203 Å². The Balaban J connectivity index is 0.000000140. The topological polar surface area (TPSA) is 369 Å². The molecule has 10 heterocycles. The van der Waals surface area contributed by atoms with Crippen LogP contribution in [0.1, 0.15) is 117 Å². The molecule has 710 valence electrons. The molecular formula is C105H104Br4Cl2N12O14. The number of alkyl halides is 2. The molecule has 4 aliphatic rings. The van der Waals surface area contributed by atoms with E-state index in [9.17, 15) is 38.4 Å². The number of hydrogen-bond donors (Lipinski definition) is 10. The highest BCUT2D eigenvalue weighted by Crippen LogP contribution is 2.47. The van der Waals surface area contributed by atoms with Gasteiger partial charge in [-0.3, -0.25) is 54.7 Å². The van der Waals surface area contributed by atoms with Gasteiger partial charge in [-0.25, -0.2) is 0 Å². The number of halogens is 6. The van der Waals surface area contributed by atoms with Gasteiger partial charge in [-0.05, 0) is 148 Å². The molecule has 20 rings (SSSR count). The molecule has 2 amide bonds. The van der Waals surface area contributed by atoms with Gasteiger partial charge in [-0.1, -0.05) is 261 Å². The van der Waals surface area contributed by atoms with Crippen LogP contribution in [0.3, 0.4) is 0 Å². The maximum absolute atomic E-state index is 12.9. The molecule has 0 saturated heterocycles. The Bertz CT molecular complexity index is 6530. The fourth-order valence-electron chi connectivity index (χ4n) is 18.6. The summed E-state index contributed by atoms with van der Waals surface area (Å²) >= 11 is 26.5. The Kier molecular flexibility index (Phi) is 36.5. The molecule has 137 heavy (non-hydrogen) atoms. The Morgan fingerprint density at radius 3 is 1.01 bits per heavy atom. The van der Waals surface area contributed by atoms with Crippen LogP contribution in [-0.2, 0) is 105 Å². The molecule has 12 N–H and O–H groups in total. The second-order valence-electron chi connectivity index (χ2n) is 32.5. The predicted octanol–water partition coefficient (Wildman–Crippen LogP) is 19.4. The van der Waals surface area contributed by atoms with Gasteiger partial charge in [0.15, 0.2) is 6.23 Å². The molecule has 16 aromatic rings. The number of nitrogens with zero attached hydrogens (tertiary/aromatic N) is 2. The highest BCUT2D eigenvalue weighted by atomic mass is 79.9. The first-order chi connectivity index (χ1) is 66.0. The lowest BCUT2D eigenvalue weighted by Crippen LogP contribution is -2.50. The molecule has 0 bridgehead atoms. The van der Waals surface area contributed by atoms with Crippen molar-refractivity contribution in [2.75, 3.05) is 44.8 Å². The third kappa shape index (κ3) is 23.5. The molecule has 0 saturated carbocycles. The van der Waals surface area contributed by atoms with E-state index in [1.165, 1.54) is 49.8 Å². The summed E-state index contributed by atoms with van der Waals surface area (Å²) in [4.78, 5) is 113. The second kappa shape index (κ2) is 49.0. The number of benzene rings is 10. The van der Waals surface area contributed by atoms with Crippen LogP contribution >= 0.6 is 86.9 Å². The van der Waals surface area contributed by atoms with Crippen LogP contribution in [0, 0.1) is 0 Å². The number of carbonyl (C=O) groups excluding carboxylic acids is 8. The quantitative estimate of drug-likeness (QED) is 0.00989. The lowest BCUT2D eigenvalue weighted by molar-refractivity contribution is -0.139. The number of H-pyrrole nitrogens is 6. The Morgan fingerprint density at radius 1 is 0.365 bits per heavy atom. The lowest BCUT2D eigenvalue weighted by atomic mass is 9.88. The zero-order chi connectivity index (χ0) is 94.4. The predicted molar refractivity (Wildman–Crippen MR) is 549 cm³/mol. The first-order valence-corrected chi connectivity index (χ1v) is 47.8. The van der Waals surface area contributed by atoms with Crippen molar-refractivity contribution in [2.45, 2.75) is 114 Å². The van der Waals surface area contributed by atoms with E-state index in [2.05, 4.69) is 180 Å². The number of fused-ring (bicyclic) bond motifs is 14. The highest BCUT2D eigenvalue weighted by Gasteiger charge is 2.44. The molecule has 0 radical (unpaired) electrons. The van der Waals surface area contributed by atoms with E-state index >= 15 is 0 Å². The molecule has 0 fully saturated rings. The standard InChI is InChI=1S/2C21H18BrClN2O3.2C19H17BrN2O2.C12H14N2O2.C11H12N2O2.2CH4/c2*22-17-7-3-1-6-15(17)21-20-16(14-5-2-4-8-18(14)24-20)9-13(11-28-12-26)25(21)19(27)10-23;2*20-16-7-3-1-6-14(16)18-19-15(9-12(21-18)10-24-11-23)13-5-2-4-8-17(13)22-19;13-10(7-16-8-15)5-9-6-14-12-4-2-1-3-11(9)12;12-11(15-7-14)5-8-6-13-10-4-2-1-3-9(8)10;;/h2*1-8,12-13,21,24H,9-11H2;2*1-8,11-12,18,21-22H,9-10H2;1-4,6,8,10,14H,5,7,13H2;1-4,6-7,11,13H,5,12H2;2*1H4/t13-,21+;13-,21-;12-,18+;12-,18-;10-;11-;;/m000001../s1. The van der Waals surface area contributed by atoms with Gasteiger partial charge in [0.25, 0.3) is 38.8 Å². The largest absolute Gasteiger partial charge is 0.466 e. The van der Waals surface area contributed by atoms with Crippen LogP contribution in [0.2, 0.25) is 0 Å².